The van der Waals surface area contributed by atoms with Gasteiger partial charge in [0.2, 0.25) is 0 Å². The van der Waals surface area contributed by atoms with E-state index in [4.69, 9.17) is 9.84 Å². The standard InChI is InChI=1S/C16H21NO2S/c1-13-12-20-9-7-17(13)11-14-5-6-16(19-2)15(10-14)4-3-8-18/h5-6,10,13,18H,7-9,11-12H2,1-2H3. The molecule has 20 heavy (non-hydrogen) atoms. The zero-order chi connectivity index (χ0) is 14.4. The summed E-state index contributed by atoms with van der Waals surface area (Å²) in [5.41, 5.74) is 2.09. The highest BCUT2D eigenvalue weighted by Crippen LogP contribution is 2.22. The lowest BCUT2D eigenvalue weighted by Gasteiger charge is -2.33. The van der Waals surface area contributed by atoms with E-state index >= 15 is 0 Å². The summed E-state index contributed by atoms with van der Waals surface area (Å²) in [5, 5.41) is 8.83. The van der Waals surface area contributed by atoms with Crippen molar-refractivity contribution in [3.8, 4) is 17.6 Å². The molecule has 1 aromatic carbocycles. The van der Waals surface area contributed by atoms with Crippen LogP contribution in [0, 0.1) is 11.8 Å². The molecule has 1 aliphatic rings. The Morgan fingerprint density at radius 1 is 1.50 bits per heavy atom. The van der Waals surface area contributed by atoms with Gasteiger partial charge >= 0.3 is 0 Å². The number of methoxy groups -OCH3 is 1. The van der Waals surface area contributed by atoms with Gasteiger partial charge in [-0.3, -0.25) is 4.90 Å². The van der Waals surface area contributed by atoms with Crippen LogP contribution < -0.4 is 4.74 Å². The minimum atomic E-state index is -0.131. The van der Waals surface area contributed by atoms with E-state index in [-0.39, 0.29) is 6.61 Å². The van der Waals surface area contributed by atoms with Crippen LogP contribution in [-0.4, -0.2) is 47.8 Å². The smallest absolute Gasteiger partial charge is 0.134 e. The summed E-state index contributed by atoms with van der Waals surface area (Å²) in [4.78, 5) is 2.50. The van der Waals surface area contributed by atoms with Gasteiger partial charge in [0, 0.05) is 30.6 Å². The molecule has 0 saturated carbocycles. The number of benzene rings is 1. The van der Waals surface area contributed by atoms with Gasteiger partial charge in [-0.25, -0.2) is 0 Å². The van der Waals surface area contributed by atoms with Gasteiger partial charge in [-0.2, -0.15) is 11.8 Å². The third-order valence-corrected chi connectivity index (χ3v) is 4.65. The van der Waals surface area contributed by atoms with E-state index in [9.17, 15) is 0 Å². The van der Waals surface area contributed by atoms with E-state index in [0.29, 0.717) is 6.04 Å². The molecule has 1 N–H and O–H groups in total. The third kappa shape index (κ3) is 3.92. The minimum Gasteiger partial charge on any atom is -0.495 e. The van der Waals surface area contributed by atoms with Crippen molar-refractivity contribution in [2.45, 2.75) is 19.5 Å². The lowest BCUT2D eigenvalue weighted by molar-refractivity contribution is 0.224. The average Bonchev–Trinajstić information content (AvgIpc) is 2.47. The molecule has 1 saturated heterocycles. The molecule has 4 heteroatoms. The van der Waals surface area contributed by atoms with Gasteiger partial charge in [0.05, 0.1) is 12.7 Å². The second-order valence-electron chi connectivity index (χ2n) is 4.89. The first-order chi connectivity index (χ1) is 9.74. The monoisotopic (exact) mass is 291 g/mol. The van der Waals surface area contributed by atoms with Gasteiger partial charge in [0.25, 0.3) is 0 Å². The van der Waals surface area contributed by atoms with E-state index < -0.39 is 0 Å². The molecule has 0 aromatic heterocycles. The van der Waals surface area contributed by atoms with Crippen molar-refractivity contribution in [3.63, 3.8) is 0 Å². The predicted octanol–water partition coefficient (Wildman–Crippen LogP) is 1.98. The molecule has 1 aliphatic heterocycles. The van der Waals surface area contributed by atoms with Gasteiger partial charge in [0.15, 0.2) is 0 Å². The maximum atomic E-state index is 8.83. The SMILES string of the molecule is COc1ccc(CN2CCSCC2C)cc1C#CCO. The zero-order valence-corrected chi connectivity index (χ0v) is 12.9. The molecule has 3 nitrogen and oxygen atoms in total. The van der Waals surface area contributed by atoms with E-state index in [1.807, 2.05) is 17.8 Å². The second kappa shape index (κ2) is 7.58. The quantitative estimate of drug-likeness (QED) is 0.863. The topological polar surface area (TPSA) is 32.7 Å². The van der Waals surface area contributed by atoms with Crippen LogP contribution in [-0.2, 0) is 6.54 Å². The molecular weight excluding hydrogens is 270 g/mol. The lowest BCUT2D eigenvalue weighted by Crippen LogP contribution is -2.39. The maximum Gasteiger partial charge on any atom is 0.134 e. The highest BCUT2D eigenvalue weighted by Gasteiger charge is 2.18. The van der Waals surface area contributed by atoms with Crippen molar-refractivity contribution in [1.29, 1.82) is 0 Å². The first-order valence-corrected chi connectivity index (χ1v) is 7.98. The molecular formula is C16H21NO2S. The van der Waals surface area contributed by atoms with Crippen molar-refractivity contribution < 1.29 is 9.84 Å². The van der Waals surface area contributed by atoms with Crippen molar-refractivity contribution in [1.82, 2.24) is 4.90 Å². The van der Waals surface area contributed by atoms with Crippen LogP contribution in [0.4, 0.5) is 0 Å². The Hall–Kier alpha value is -1.15. The van der Waals surface area contributed by atoms with Crippen molar-refractivity contribution >= 4 is 11.8 Å². The van der Waals surface area contributed by atoms with Gasteiger partial charge in [0.1, 0.15) is 12.4 Å². The Labute approximate surface area is 125 Å². The molecule has 2 rings (SSSR count). The first kappa shape index (κ1) is 15.2. The number of aliphatic hydroxyl groups is 1. The van der Waals surface area contributed by atoms with E-state index in [1.54, 1.807) is 7.11 Å². The molecule has 0 amide bonds. The number of ether oxygens (including phenoxy) is 1. The fourth-order valence-corrected chi connectivity index (χ4v) is 3.40. The normalized spacial score (nSPS) is 19.2. The average molecular weight is 291 g/mol. The summed E-state index contributed by atoms with van der Waals surface area (Å²) in [6, 6.07) is 6.73. The van der Waals surface area contributed by atoms with Crippen LogP contribution in [0.2, 0.25) is 0 Å². The summed E-state index contributed by atoms with van der Waals surface area (Å²) in [6.45, 7) is 4.23. The van der Waals surface area contributed by atoms with E-state index in [0.717, 1.165) is 24.4 Å². The van der Waals surface area contributed by atoms with Gasteiger partial charge in [-0.05, 0) is 24.6 Å². The number of thioether (sulfide) groups is 1. The summed E-state index contributed by atoms with van der Waals surface area (Å²) < 4.78 is 5.31. The number of nitrogens with zero attached hydrogens (tertiary/aromatic N) is 1. The summed E-state index contributed by atoms with van der Waals surface area (Å²) in [5.74, 6) is 8.81. The molecule has 0 aliphatic carbocycles. The van der Waals surface area contributed by atoms with Gasteiger partial charge < -0.3 is 9.84 Å². The number of hydrogen-bond acceptors (Lipinski definition) is 4. The molecule has 1 unspecified atom stereocenters. The van der Waals surface area contributed by atoms with Crippen molar-refractivity contribution in [2.24, 2.45) is 0 Å². The Kier molecular flexibility index (Phi) is 5.78. The fourth-order valence-electron chi connectivity index (χ4n) is 2.32. The molecule has 1 heterocycles. The Morgan fingerprint density at radius 3 is 3.05 bits per heavy atom. The molecule has 108 valence electrons. The second-order valence-corrected chi connectivity index (χ2v) is 6.04. The number of hydrogen-bond donors (Lipinski definition) is 1. The van der Waals surface area contributed by atoms with Crippen LogP contribution in [0.1, 0.15) is 18.1 Å². The predicted molar refractivity (Wildman–Crippen MR) is 84.2 cm³/mol. The molecule has 1 atom stereocenters. The number of aliphatic hydroxyl groups excluding tert-OH is 1. The van der Waals surface area contributed by atoms with Crippen molar-refractivity contribution in [3.05, 3.63) is 29.3 Å². The van der Waals surface area contributed by atoms with Gasteiger partial charge in [-0.1, -0.05) is 17.9 Å². The lowest BCUT2D eigenvalue weighted by atomic mass is 10.1. The molecule has 0 bridgehead atoms. The minimum absolute atomic E-state index is 0.131. The molecule has 0 spiro atoms. The Balaban J connectivity index is 2.15. The summed E-state index contributed by atoms with van der Waals surface area (Å²) in [7, 11) is 1.64. The summed E-state index contributed by atoms with van der Waals surface area (Å²) in [6.07, 6.45) is 0. The third-order valence-electron chi connectivity index (χ3n) is 3.46. The van der Waals surface area contributed by atoms with Gasteiger partial charge in [-0.15, -0.1) is 0 Å². The number of rotatable bonds is 3. The van der Waals surface area contributed by atoms with Crippen LogP contribution in [0.3, 0.4) is 0 Å². The largest absolute Gasteiger partial charge is 0.495 e. The van der Waals surface area contributed by atoms with Crippen LogP contribution in [0.5, 0.6) is 5.75 Å². The molecule has 1 fully saturated rings. The molecule has 0 radical (unpaired) electrons. The zero-order valence-electron chi connectivity index (χ0n) is 12.1. The van der Waals surface area contributed by atoms with E-state index in [2.05, 4.69) is 35.8 Å². The fraction of sp³-hybridized carbons (Fsp3) is 0.500. The Morgan fingerprint density at radius 2 is 2.35 bits per heavy atom. The highest BCUT2D eigenvalue weighted by molar-refractivity contribution is 7.99. The van der Waals surface area contributed by atoms with Crippen molar-refractivity contribution in [2.75, 3.05) is 31.8 Å². The highest BCUT2D eigenvalue weighted by atomic mass is 32.2. The maximum absolute atomic E-state index is 8.83. The Bertz CT molecular complexity index is 507. The van der Waals surface area contributed by atoms with E-state index in [1.165, 1.54) is 17.1 Å². The van der Waals surface area contributed by atoms with Crippen LogP contribution >= 0.6 is 11.8 Å². The summed E-state index contributed by atoms with van der Waals surface area (Å²) >= 11 is 2.03. The van der Waals surface area contributed by atoms with Crippen LogP contribution in [0.25, 0.3) is 0 Å². The van der Waals surface area contributed by atoms with Crippen LogP contribution in [0.15, 0.2) is 18.2 Å². The first-order valence-electron chi connectivity index (χ1n) is 6.83. The molecule has 1 aromatic rings.